The predicted octanol–water partition coefficient (Wildman–Crippen LogP) is 3.42. The molecule has 0 radical (unpaired) electrons. The minimum atomic E-state index is -0.349. The van der Waals surface area contributed by atoms with Gasteiger partial charge < -0.3 is 16.4 Å². The molecule has 0 bridgehead atoms. The normalized spacial score (nSPS) is 11.2. The van der Waals surface area contributed by atoms with Gasteiger partial charge in [0, 0.05) is 25.2 Å². The molecule has 0 amide bonds. The van der Waals surface area contributed by atoms with Gasteiger partial charge in [0.15, 0.2) is 5.96 Å². The summed E-state index contributed by atoms with van der Waals surface area (Å²) in [6.45, 7) is 1.17. The van der Waals surface area contributed by atoms with Crippen LogP contribution in [0.3, 0.4) is 0 Å². The number of halogens is 2. The quantitative estimate of drug-likeness (QED) is 0.297. The minimum absolute atomic E-state index is 0.245. The number of nitrogen functional groups attached to an aromatic ring is 1. The zero-order valence-corrected chi connectivity index (χ0v) is 17.8. The average Bonchev–Trinajstić information content (AvgIpc) is 3.10. The van der Waals surface area contributed by atoms with E-state index in [1.54, 1.807) is 19.2 Å². The summed E-state index contributed by atoms with van der Waals surface area (Å²) in [5.41, 5.74) is 8.62. The Morgan fingerprint density at radius 1 is 1.23 bits per heavy atom. The van der Waals surface area contributed by atoms with Crippen molar-refractivity contribution < 1.29 is 4.39 Å². The summed E-state index contributed by atoms with van der Waals surface area (Å²) < 4.78 is 14.6. The van der Waals surface area contributed by atoms with Crippen LogP contribution in [0, 0.1) is 17.1 Å². The summed E-state index contributed by atoms with van der Waals surface area (Å²) in [4.78, 5) is 4.20. The fourth-order valence-electron chi connectivity index (χ4n) is 3.06. The number of benzene rings is 2. The van der Waals surface area contributed by atoms with E-state index in [9.17, 15) is 9.65 Å². The number of anilines is 1. The van der Waals surface area contributed by atoms with Crippen molar-refractivity contribution in [3.63, 3.8) is 0 Å². The molecule has 4 N–H and O–H groups in total. The number of nitriles is 1. The molecule has 31 heavy (non-hydrogen) atoms. The van der Waals surface area contributed by atoms with E-state index in [0.717, 1.165) is 5.56 Å². The van der Waals surface area contributed by atoms with Crippen LogP contribution in [0.2, 0.25) is 5.02 Å². The number of nitrogens with two attached hydrogens (primary N) is 1. The number of guanidine groups is 1. The summed E-state index contributed by atoms with van der Waals surface area (Å²) in [7, 11) is 1.70. The van der Waals surface area contributed by atoms with Crippen LogP contribution in [-0.2, 0) is 13.0 Å². The maximum atomic E-state index is 13.2. The molecule has 0 saturated heterocycles. The highest BCUT2D eigenvalue weighted by molar-refractivity contribution is 6.31. The van der Waals surface area contributed by atoms with Gasteiger partial charge in [-0.3, -0.25) is 4.99 Å². The lowest BCUT2D eigenvalue weighted by Crippen LogP contribution is -2.37. The van der Waals surface area contributed by atoms with Gasteiger partial charge in [-0.15, -0.1) is 0 Å². The fraction of sp³-hybridized carbons (Fsp3) is 0.227. The van der Waals surface area contributed by atoms with Crippen molar-refractivity contribution in [3.8, 4) is 11.8 Å². The molecule has 0 fully saturated rings. The largest absolute Gasteiger partial charge is 0.382 e. The SMILES string of the molecule is CN=C(NCCCc1nn(-c2ccc(F)cc2)c(N)c1C#N)NCc1ccccc1Cl. The lowest BCUT2D eigenvalue weighted by atomic mass is 10.1. The molecular weight excluding hydrogens is 417 g/mol. The Morgan fingerprint density at radius 3 is 2.65 bits per heavy atom. The maximum absolute atomic E-state index is 13.2. The van der Waals surface area contributed by atoms with E-state index >= 15 is 0 Å². The van der Waals surface area contributed by atoms with E-state index in [1.165, 1.54) is 16.8 Å². The van der Waals surface area contributed by atoms with Crippen molar-refractivity contribution in [1.82, 2.24) is 20.4 Å². The first kappa shape index (κ1) is 22.1. The number of rotatable bonds is 7. The van der Waals surface area contributed by atoms with Crippen molar-refractivity contribution in [2.45, 2.75) is 19.4 Å². The highest BCUT2D eigenvalue weighted by Gasteiger charge is 2.16. The lowest BCUT2D eigenvalue weighted by Gasteiger charge is -2.12. The molecule has 160 valence electrons. The summed E-state index contributed by atoms with van der Waals surface area (Å²) >= 11 is 6.18. The molecule has 3 rings (SSSR count). The maximum Gasteiger partial charge on any atom is 0.191 e. The second-order valence-electron chi connectivity index (χ2n) is 6.75. The zero-order chi connectivity index (χ0) is 22.2. The molecular formula is C22H23ClFN7. The van der Waals surface area contributed by atoms with Crippen molar-refractivity contribution >= 4 is 23.4 Å². The van der Waals surface area contributed by atoms with Gasteiger partial charge in [-0.2, -0.15) is 10.4 Å². The van der Waals surface area contributed by atoms with Gasteiger partial charge in [-0.25, -0.2) is 9.07 Å². The number of aliphatic imine (C=N–C) groups is 1. The zero-order valence-electron chi connectivity index (χ0n) is 17.1. The second-order valence-corrected chi connectivity index (χ2v) is 7.16. The Morgan fingerprint density at radius 2 is 1.97 bits per heavy atom. The Bertz CT molecular complexity index is 1100. The Labute approximate surface area is 185 Å². The molecule has 7 nitrogen and oxygen atoms in total. The van der Waals surface area contributed by atoms with Gasteiger partial charge in [-0.05, 0) is 48.7 Å². The van der Waals surface area contributed by atoms with Crippen LogP contribution in [0.1, 0.15) is 23.2 Å². The average molecular weight is 440 g/mol. The lowest BCUT2D eigenvalue weighted by molar-refractivity contribution is 0.627. The number of aromatic nitrogens is 2. The molecule has 3 aromatic rings. The first-order valence-electron chi connectivity index (χ1n) is 9.74. The van der Waals surface area contributed by atoms with Gasteiger partial charge in [0.05, 0.1) is 11.4 Å². The highest BCUT2D eigenvalue weighted by Crippen LogP contribution is 2.21. The van der Waals surface area contributed by atoms with Crippen LogP contribution < -0.4 is 16.4 Å². The Kier molecular flexibility index (Phi) is 7.46. The van der Waals surface area contributed by atoms with Crippen molar-refractivity contribution in [1.29, 1.82) is 5.26 Å². The van der Waals surface area contributed by atoms with E-state index in [-0.39, 0.29) is 11.6 Å². The van der Waals surface area contributed by atoms with Crippen molar-refractivity contribution in [3.05, 3.63) is 76.2 Å². The Balaban J connectivity index is 1.56. The number of nitrogens with zero attached hydrogens (tertiary/aromatic N) is 4. The number of aryl methyl sites for hydroxylation is 1. The van der Waals surface area contributed by atoms with Crippen LogP contribution in [-0.4, -0.2) is 29.3 Å². The smallest absolute Gasteiger partial charge is 0.191 e. The molecule has 2 aromatic carbocycles. The standard InChI is InChI=1S/C22H23ClFN7/c1-27-22(29-14-15-5-2-3-6-19(15)23)28-12-4-7-20-18(13-25)21(26)31(30-20)17-10-8-16(24)9-11-17/h2-3,5-6,8-11H,4,7,12,14,26H2,1H3,(H2,27,28,29). The van der Waals surface area contributed by atoms with E-state index in [1.807, 2.05) is 24.3 Å². The molecule has 0 aliphatic rings. The monoisotopic (exact) mass is 439 g/mol. The summed E-state index contributed by atoms with van der Waals surface area (Å²) in [5, 5.41) is 21.1. The van der Waals surface area contributed by atoms with Crippen LogP contribution in [0.25, 0.3) is 5.69 Å². The molecule has 0 unspecified atom stereocenters. The molecule has 1 heterocycles. The summed E-state index contributed by atoms with van der Waals surface area (Å²) in [6, 6.07) is 15.5. The van der Waals surface area contributed by atoms with Gasteiger partial charge in [-0.1, -0.05) is 29.8 Å². The number of hydrogen-bond donors (Lipinski definition) is 3. The van der Waals surface area contributed by atoms with Crippen LogP contribution in [0.15, 0.2) is 53.5 Å². The number of hydrogen-bond acceptors (Lipinski definition) is 4. The topological polar surface area (TPSA) is 104 Å². The van der Waals surface area contributed by atoms with Crippen LogP contribution in [0.4, 0.5) is 10.2 Å². The van der Waals surface area contributed by atoms with Gasteiger partial charge in [0.25, 0.3) is 0 Å². The third kappa shape index (κ3) is 5.53. The molecule has 9 heteroatoms. The van der Waals surface area contributed by atoms with E-state index in [0.29, 0.717) is 53.9 Å². The fourth-order valence-corrected chi connectivity index (χ4v) is 3.26. The van der Waals surface area contributed by atoms with Crippen LogP contribution in [0.5, 0.6) is 0 Å². The number of nitrogens with one attached hydrogen (secondary N) is 2. The summed E-state index contributed by atoms with van der Waals surface area (Å²) in [5.74, 6) is 0.545. The third-order valence-corrected chi connectivity index (χ3v) is 5.06. The van der Waals surface area contributed by atoms with Gasteiger partial charge in [0.1, 0.15) is 23.3 Å². The molecule has 1 aromatic heterocycles. The molecule has 0 saturated carbocycles. The second kappa shape index (κ2) is 10.5. The third-order valence-electron chi connectivity index (χ3n) is 4.69. The first-order chi connectivity index (χ1) is 15.0. The first-order valence-corrected chi connectivity index (χ1v) is 10.1. The molecule has 0 atom stereocenters. The van der Waals surface area contributed by atoms with E-state index < -0.39 is 0 Å². The molecule has 0 aliphatic heterocycles. The Hall–Kier alpha value is -3.57. The van der Waals surface area contributed by atoms with Crippen molar-refractivity contribution in [2.75, 3.05) is 19.3 Å². The summed E-state index contributed by atoms with van der Waals surface area (Å²) in [6.07, 6.45) is 1.26. The van der Waals surface area contributed by atoms with Gasteiger partial charge in [0.2, 0.25) is 0 Å². The molecule has 0 aliphatic carbocycles. The van der Waals surface area contributed by atoms with Crippen LogP contribution >= 0.6 is 11.6 Å². The highest BCUT2D eigenvalue weighted by atomic mass is 35.5. The van der Waals surface area contributed by atoms with Crippen molar-refractivity contribution in [2.24, 2.45) is 4.99 Å². The molecule has 0 spiro atoms. The predicted molar refractivity (Wildman–Crippen MR) is 121 cm³/mol. The van der Waals surface area contributed by atoms with Gasteiger partial charge >= 0.3 is 0 Å². The van der Waals surface area contributed by atoms with E-state index in [2.05, 4.69) is 26.8 Å². The van der Waals surface area contributed by atoms with E-state index in [4.69, 9.17) is 17.3 Å². The minimum Gasteiger partial charge on any atom is -0.382 e.